The average molecular weight is 763 g/mol. The Kier molecular flexibility index (Phi) is 11.7. The third-order valence-corrected chi connectivity index (χ3v) is 11.4. The van der Waals surface area contributed by atoms with E-state index in [4.69, 9.17) is 11.5 Å². The zero-order valence-corrected chi connectivity index (χ0v) is 38.2. The number of hydrogen-bond acceptors (Lipinski definition) is 5. The van der Waals surface area contributed by atoms with Gasteiger partial charge in [0.1, 0.15) is 17.2 Å². The van der Waals surface area contributed by atoms with E-state index in [1.165, 1.54) is 0 Å². The minimum absolute atomic E-state index is 0.153. The van der Waals surface area contributed by atoms with Gasteiger partial charge < -0.3 is 26.8 Å². The van der Waals surface area contributed by atoms with Crippen LogP contribution in [0, 0.1) is 0 Å². The van der Waals surface area contributed by atoms with Crippen molar-refractivity contribution in [1.29, 1.82) is 0 Å². The number of benzene rings is 4. The highest BCUT2D eigenvalue weighted by molar-refractivity contribution is 5.74. The third kappa shape index (κ3) is 9.52. The summed E-state index contributed by atoms with van der Waals surface area (Å²) in [5.74, 6) is 0.821. The van der Waals surface area contributed by atoms with Gasteiger partial charge in [0.25, 0.3) is 0 Å². The molecular weight excluding hydrogens is 689 g/mol. The second-order valence-corrected chi connectivity index (χ2v) is 22.6. The molecule has 0 aromatic heterocycles. The number of phenolic OH excluding ortho intramolecular Hbond substituents is 3. The van der Waals surface area contributed by atoms with Crippen molar-refractivity contribution < 1.29 is 15.3 Å². The summed E-state index contributed by atoms with van der Waals surface area (Å²) in [5.41, 5.74) is 24.6. The van der Waals surface area contributed by atoms with Gasteiger partial charge in [0, 0.05) is 19.3 Å². The Balaban J connectivity index is 2.15. The van der Waals surface area contributed by atoms with Crippen LogP contribution in [0.25, 0.3) is 0 Å². The molecule has 4 aromatic rings. The molecule has 0 unspecified atom stereocenters. The Hall–Kier alpha value is -4.12. The Morgan fingerprint density at radius 1 is 0.357 bits per heavy atom. The summed E-state index contributed by atoms with van der Waals surface area (Å²) in [4.78, 5) is 0. The predicted octanol–water partition coefficient (Wildman–Crippen LogP) is 12.5. The monoisotopic (exact) mass is 763 g/mol. The smallest absolute Gasteiger partial charge is 0.122 e. The minimum atomic E-state index is -0.309. The molecule has 0 fully saturated rings. The van der Waals surface area contributed by atoms with Gasteiger partial charge in [0.15, 0.2) is 0 Å². The number of aromatic hydroxyl groups is 3. The van der Waals surface area contributed by atoms with Crippen LogP contribution < -0.4 is 11.5 Å². The lowest BCUT2D eigenvalue weighted by atomic mass is 9.76. The molecular formula is C51H74N2O3. The van der Waals surface area contributed by atoms with Gasteiger partial charge in [0.2, 0.25) is 0 Å². The van der Waals surface area contributed by atoms with Crippen LogP contribution in [0.15, 0.2) is 42.5 Å². The van der Waals surface area contributed by atoms with Crippen LogP contribution >= 0.6 is 0 Å². The zero-order chi connectivity index (χ0) is 42.9. The maximum absolute atomic E-state index is 12.1. The lowest BCUT2D eigenvalue weighted by Gasteiger charge is -2.30. The van der Waals surface area contributed by atoms with Crippen molar-refractivity contribution in [3.05, 3.63) is 109 Å². The van der Waals surface area contributed by atoms with E-state index < -0.39 is 0 Å². The summed E-state index contributed by atoms with van der Waals surface area (Å²) in [6.45, 7) is 38.9. The van der Waals surface area contributed by atoms with Crippen LogP contribution in [0.1, 0.15) is 191 Å². The van der Waals surface area contributed by atoms with Crippen LogP contribution in [-0.2, 0) is 51.8 Å². The molecule has 0 aliphatic heterocycles. The van der Waals surface area contributed by atoms with Crippen molar-refractivity contribution in [3.8, 4) is 17.2 Å². The van der Waals surface area contributed by atoms with Gasteiger partial charge in [0.05, 0.1) is 11.4 Å². The van der Waals surface area contributed by atoms with Gasteiger partial charge in [-0.2, -0.15) is 0 Å². The van der Waals surface area contributed by atoms with Crippen molar-refractivity contribution in [2.75, 3.05) is 11.5 Å². The van der Waals surface area contributed by atoms with Crippen molar-refractivity contribution >= 4 is 11.4 Å². The molecule has 0 aliphatic carbocycles. The Morgan fingerprint density at radius 3 is 0.929 bits per heavy atom. The number of rotatable bonds is 6. The summed E-state index contributed by atoms with van der Waals surface area (Å²) < 4.78 is 0. The number of phenols is 3. The van der Waals surface area contributed by atoms with Gasteiger partial charge in [-0.15, -0.1) is 0 Å². The van der Waals surface area contributed by atoms with E-state index in [-0.39, 0.29) is 49.7 Å². The van der Waals surface area contributed by atoms with Crippen LogP contribution in [0.3, 0.4) is 0 Å². The predicted molar refractivity (Wildman–Crippen MR) is 240 cm³/mol. The van der Waals surface area contributed by atoms with Crippen molar-refractivity contribution in [3.63, 3.8) is 0 Å². The molecule has 0 spiro atoms. The summed E-state index contributed by atoms with van der Waals surface area (Å²) >= 11 is 0. The molecule has 7 N–H and O–H groups in total. The molecule has 0 atom stereocenters. The molecule has 56 heavy (non-hydrogen) atoms. The fourth-order valence-electron chi connectivity index (χ4n) is 7.55. The fraction of sp³-hybridized carbons (Fsp3) is 0.529. The zero-order valence-electron chi connectivity index (χ0n) is 38.2. The second-order valence-electron chi connectivity index (χ2n) is 22.6. The Labute approximate surface area is 340 Å². The van der Waals surface area contributed by atoms with E-state index in [9.17, 15) is 15.3 Å². The Bertz CT molecular complexity index is 2110. The van der Waals surface area contributed by atoms with E-state index in [2.05, 4.69) is 161 Å². The first-order valence-corrected chi connectivity index (χ1v) is 20.4. The third-order valence-electron chi connectivity index (χ3n) is 11.4. The van der Waals surface area contributed by atoms with Crippen LogP contribution in [0.2, 0.25) is 0 Å². The first-order valence-electron chi connectivity index (χ1n) is 20.4. The normalized spacial score (nSPS) is 13.4. The molecule has 0 heterocycles. The summed E-state index contributed by atoms with van der Waals surface area (Å²) in [5, 5.41) is 36.1. The standard InChI is InChI=1S/C51H74N2O3/c1-46(2,3)33-20-30(43(54)38(26-33)49(10,11)12)19-29-25-41(52)42(53)37(24-32-22-35(48(7,8)9)28-40(45(32)56)51(16,17)18)36(29)23-31-21-34(47(4,5)6)27-39(44(31)55)50(13,14)15/h20-22,25-28,54-56H,19,23-24,52-53H2,1-18H3. The highest BCUT2D eigenvalue weighted by atomic mass is 16.3. The fourth-order valence-corrected chi connectivity index (χ4v) is 7.55. The number of anilines is 2. The number of nitrogens with two attached hydrogens (primary N) is 2. The first-order chi connectivity index (χ1) is 25.1. The van der Waals surface area contributed by atoms with Crippen molar-refractivity contribution in [1.82, 2.24) is 0 Å². The lowest BCUT2D eigenvalue weighted by molar-refractivity contribution is 0.437. The highest BCUT2D eigenvalue weighted by Crippen LogP contribution is 2.45. The highest BCUT2D eigenvalue weighted by Gasteiger charge is 2.30. The topological polar surface area (TPSA) is 113 Å². The maximum Gasteiger partial charge on any atom is 0.122 e. The molecule has 306 valence electrons. The molecule has 5 heteroatoms. The lowest BCUT2D eigenvalue weighted by Crippen LogP contribution is -2.19. The van der Waals surface area contributed by atoms with Crippen molar-refractivity contribution in [2.24, 2.45) is 0 Å². The van der Waals surface area contributed by atoms with Crippen LogP contribution in [-0.4, -0.2) is 15.3 Å². The SMILES string of the molecule is CC(C)(C)c1cc(Cc2cc(N)c(N)c(Cc3cc(C(C)(C)C)cc(C(C)(C)C)c3O)c2Cc2cc(C(C)(C)C)cc(C(C)(C)C)c2O)c(O)c(C(C)(C)C)c1. The van der Waals surface area contributed by atoms with Gasteiger partial charge >= 0.3 is 0 Å². The van der Waals surface area contributed by atoms with Gasteiger partial charge in [-0.1, -0.05) is 161 Å². The number of nitrogen functional groups attached to an aromatic ring is 2. The molecule has 4 aromatic carbocycles. The summed E-state index contributed by atoms with van der Waals surface area (Å²) in [6.07, 6.45) is 1.12. The molecule has 4 rings (SSSR count). The second kappa shape index (κ2) is 14.7. The Morgan fingerprint density at radius 2 is 0.643 bits per heavy atom. The van der Waals surface area contributed by atoms with E-state index in [1.807, 2.05) is 6.07 Å². The van der Waals surface area contributed by atoms with E-state index in [0.29, 0.717) is 30.6 Å². The summed E-state index contributed by atoms with van der Waals surface area (Å²) in [7, 11) is 0. The average Bonchev–Trinajstić information content (AvgIpc) is 3.00. The van der Waals surface area contributed by atoms with E-state index >= 15 is 0 Å². The van der Waals surface area contributed by atoms with Gasteiger partial charge in [-0.25, -0.2) is 0 Å². The molecule has 0 aliphatic rings. The molecule has 0 saturated carbocycles. The van der Waals surface area contributed by atoms with Gasteiger partial charge in [-0.05, 0) is 105 Å². The molecule has 0 amide bonds. The van der Waals surface area contributed by atoms with Crippen LogP contribution in [0.5, 0.6) is 17.2 Å². The van der Waals surface area contributed by atoms with E-state index in [1.54, 1.807) is 0 Å². The molecule has 0 radical (unpaired) electrons. The molecule has 0 saturated heterocycles. The van der Waals surface area contributed by atoms with Gasteiger partial charge in [-0.3, -0.25) is 0 Å². The maximum atomic E-state index is 12.1. The number of hydrogen-bond donors (Lipinski definition) is 5. The summed E-state index contributed by atoms with van der Waals surface area (Å²) in [6, 6.07) is 14.8. The largest absolute Gasteiger partial charge is 0.507 e. The molecule has 5 nitrogen and oxygen atoms in total. The first kappa shape index (κ1) is 44.6. The van der Waals surface area contributed by atoms with Crippen LogP contribution in [0.4, 0.5) is 11.4 Å². The molecule has 0 bridgehead atoms. The van der Waals surface area contributed by atoms with E-state index in [0.717, 1.165) is 66.8 Å². The minimum Gasteiger partial charge on any atom is -0.507 e. The quantitative estimate of drug-likeness (QED) is 0.126. The van der Waals surface area contributed by atoms with Crippen molar-refractivity contribution in [2.45, 2.75) is 176 Å².